The van der Waals surface area contributed by atoms with E-state index in [1.165, 1.54) is 19.8 Å². The Labute approximate surface area is 142 Å². The molecule has 0 amide bonds. The van der Waals surface area contributed by atoms with Gasteiger partial charge in [-0.05, 0) is 36.8 Å². The van der Waals surface area contributed by atoms with Crippen LogP contribution in [0.15, 0.2) is 48.1 Å². The minimum Gasteiger partial charge on any atom is -0.468 e. The van der Waals surface area contributed by atoms with Gasteiger partial charge in [-0.25, -0.2) is 0 Å². The van der Waals surface area contributed by atoms with Crippen molar-refractivity contribution in [3.63, 3.8) is 0 Å². The molecule has 1 aromatic rings. The lowest BCUT2D eigenvalue weighted by Crippen LogP contribution is -2.39. The first-order valence-electron chi connectivity index (χ1n) is 8.23. The zero-order valence-electron chi connectivity index (χ0n) is 14.1. The maximum atomic E-state index is 12.4. The van der Waals surface area contributed by atoms with Gasteiger partial charge in [-0.15, -0.1) is 0 Å². The van der Waals surface area contributed by atoms with E-state index in [0.29, 0.717) is 12.8 Å². The van der Waals surface area contributed by atoms with Crippen LogP contribution in [0.5, 0.6) is 0 Å². The van der Waals surface area contributed by atoms with Crippen molar-refractivity contribution in [1.29, 1.82) is 0 Å². The average molecular weight is 326 g/mol. The number of esters is 2. The van der Waals surface area contributed by atoms with Gasteiger partial charge >= 0.3 is 11.9 Å². The molecule has 4 heteroatoms. The van der Waals surface area contributed by atoms with Gasteiger partial charge in [0.05, 0.1) is 14.2 Å². The Morgan fingerprint density at radius 2 is 1.75 bits per heavy atom. The number of carbonyl (C=O) groups excluding carboxylic acids is 2. The van der Waals surface area contributed by atoms with Gasteiger partial charge in [-0.1, -0.05) is 48.1 Å². The summed E-state index contributed by atoms with van der Waals surface area (Å²) < 4.78 is 9.90. The molecule has 3 rings (SSSR count). The molecule has 0 N–H and O–H groups in total. The Morgan fingerprint density at radius 1 is 1.08 bits per heavy atom. The third-order valence-electron chi connectivity index (χ3n) is 5.10. The number of fused-ring (bicyclic) bond motifs is 1. The zero-order chi connectivity index (χ0) is 17.2. The summed E-state index contributed by atoms with van der Waals surface area (Å²) in [6.07, 6.45) is 6.92. The highest BCUT2D eigenvalue weighted by Gasteiger charge is 2.55. The van der Waals surface area contributed by atoms with Crippen LogP contribution >= 0.6 is 0 Å². The molecule has 2 aliphatic rings. The molecule has 0 saturated heterocycles. The molecular weight excluding hydrogens is 304 g/mol. The van der Waals surface area contributed by atoms with E-state index < -0.39 is 17.4 Å². The molecule has 24 heavy (non-hydrogen) atoms. The van der Waals surface area contributed by atoms with Gasteiger partial charge in [-0.3, -0.25) is 9.59 Å². The summed E-state index contributed by atoms with van der Waals surface area (Å²) in [6, 6.07) is 10.2. The summed E-state index contributed by atoms with van der Waals surface area (Å²) in [6.45, 7) is 0. The van der Waals surface area contributed by atoms with E-state index >= 15 is 0 Å². The van der Waals surface area contributed by atoms with E-state index in [0.717, 1.165) is 24.0 Å². The lowest BCUT2D eigenvalue weighted by molar-refractivity contribution is -0.168. The first-order chi connectivity index (χ1) is 11.6. The minimum atomic E-state index is -1.23. The van der Waals surface area contributed by atoms with Crippen molar-refractivity contribution in [1.82, 2.24) is 0 Å². The molecule has 1 saturated carbocycles. The van der Waals surface area contributed by atoms with Crippen LogP contribution in [-0.2, 0) is 19.1 Å². The maximum Gasteiger partial charge on any atom is 0.323 e. The topological polar surface area (TPSA) is 52.6 Å². The predicted octanol–water partition coefficient (Wildman–Crippen LogP) is 3.53. The van der Waals surface area contributed by atoms with E-state index in [1.54, 1.807) is 0 Å². The summed E-state index contributed by atoms with van der Waals surface area (Å²) >= 11 is 0. The van der Waals surface area contributed by atoms with Gasteiger partial charge in [0.2, 0.25) is 0 Å². The van der Waals surface area contributed by atoms with Crippen LogP contribution in [0.25, 0.3) is 5.57 Å². The Balaban J connectivity index is 2.10. The molecule has 2 aliphatic carbocycles. The predicted molar refractivity (Wildman–Crippen MR) is 90.9 cm³/mol. The number of methoxy groups -OCH3 is 2. The van der Waals surface area contributed by atoms with Crippen molar-refractivity contribution in [3.05, 3.63) is 53.6 Å². The van der Waals surface area contributed by atoms with Crippen LogP contribution < -0.4 is 0 Å². The van der Waals surface area contributed by atoms with Gasteiger partial charge in [0.25, 0.3) is 0 Å². The fourth-order valence-electron chi connectivity index (χ4n) is 3.94. The number of rotatable bonds is 3. The third-order valence-corrected chi connectivity index (χ3v) is 5.10. The smallest absolute Gasteiger partial charge is 0.323 e. The summed E-state index contributed by atoms with van der Waals surface area (Å²) in [7, 11) is 2.65. The largest absolute Gasteiger partial charge is 0.468 e. The molecule has 1 fully saturated rings. The fourth-order valence-corrected chi connectivity index (χ4v) is 3.94. The highest BCUT2D eigenvalue weighted by Crippen LogP contribution is 2.51. The van der Waals surface area contributed by atoms with Gasteiger partial charge < -0.3 is 9.47 Å². The highest BCUT2D eigenvalue weighted by atomic mass is 16.5. The Hall–Kier alpha value is -2.36. The number of hydrogen-bond donors (Lipinski definition) is 0. The number of allylic oxidation sites excluding steroid dienone is 4. The van der Waals surface area contributed by atoms with Crippen LogP contribution in [-0.4, -0.2) is 26.2 Å². The number of benzene rings is 1. The van der Waals surface area contributed by atoms with E-state index in [4.69, 9.17) is 9.47 Å². The van der Waals surface area contributed by atoms with Crippen LogP contribution in [0, 0.1) is 11.3 Å². The highest BCUT2D eigenvalue weighted by molar-refractivity contribution is 6.01. The van der Waals surface area contributed by atoms with Crippen molar-refractivity contribution in [2.75, 3.05) is 14.2 Å². The average Bonchev–Trinajstić information content (AvgIpc) is 2.91. The molecule has 0 aromatic heterocycles. The lowest BCUT2D eigenvalue weighted by Gasteiger charge is -2.22. The second kappa shape index (κ2) is 6.63. The first kappa shape index (κ1) is 16.5. The molecular formula is C20H22O4. The molecule has 0 heterocycles. The quantitative estimate of drug-likeness (QED) is 0.484. The van der Waals surface area contributed by atoms with Gasteiger partial charge in [0.1, 0.15) is 0 Å². The van der Waals surface area contributed by atoms with Crippen molar-refractivity contribution in [2.45, 2.75) is 25.7 Å². The third kappa shape index (κ3) is 2.66. The molecule has 1 aromatic carbocycles. The summed E-state index contributed by atoms with van der Waals surface area (Å²) in [5.41, 5.74) is 2.32. The summed E-state index contributed by atoms with van der Waals surface area (Å²) in [4.78, 5) is 24.9. The fraction of sp³-hybridized carbons (Fsp3) is 0.400. The summed E-state index contributed by atoms with van der Waals surface area (Å²) in [5.74, 6) is -0.938. The monoisotopic (exact) mass is 326 g/mol. The van der Waals surface area contributed by atoms with Crippen molar-refractivity contribution in [3.8, 4) is 0 Å². The summed E-state index contributed by atoms with van der Waals surface area (Å²) in [5, 5.41) is 0. The molecule has 0 bridgehead atoms. The van der Waals surface area contributed by atoms with Gasteiger partial charge in [-0.2, -0.15) is 0 Å². The number of carbonyl (C=O) groups is 2. The van der Waals surface area contributed by atoms with Crippen LogP contribution in [0.4, 0.5) is 0 Å². The first-order valence-corrected chi connectivity index (χ1v) is 8.23. The molecule has 0 aliphatic heterocycles. The van der Waals surface area contributed by atoms with Crippen LogP contribution in [0.3, 0.4) is 0 Å². The zero-order valence-corrected chi connectivity index (χ0v) is 14.1. The van der Waals surface area contributed by atoms with Gasteiger partial charge in [0.15, 0.2) is 5.41 Å². The number of ether oxygens (including phenoxy) is 2. The Bertz CT molecular complexity index is 684. The molecule has 4 nitrogen and oxygen atoms in total. The SMILES string of the molecule is COC(=O)C1(C(=O)OC)CC2=C(c3ccccc3)CCC=C[C@H]2C1. The lowest BCUT2D eigenvalue weighted by atomic mass is 9.84. The van der Waals surface area contributed by atoms with Crippen molar-refractivity contribution in [2.24, 2.45) is 11.3 Å². The normalized spacial score (nSPS) is 21.8. The van der Waals surface area contributed by atoms with E-state index in [2.05, 4.69) is 24.3 Å². The number of hydrogen-bond acceptors (Lipinski definition) is 4. The van der Waals surface area contributed by atoms with Crippen LogP contribution in [0.2, 0.25) is 0 Å². The van der Waals surface area contributed by atoms with E-state index in [-0.39, 0.29) is 5.92 Å². The van der Waals surface area contributed by atoms with Crippen molar-refractivity contribution < 1.29 is 19.1 Å². The van der Waals surface area contributed by atoms with Crippen LogP contribution in [0.1, 0.15) is 31.2 Å². The molecule has 0 radical (unpaired) electrons. The Kier molecular flexibility index (Phi) is 4.56. The van der Waals surface area contributed by atoms with Gasteiger partial charge in [0, 0.05) is 5.92 Å². The maximum absolute atomic E-state index is 12.4. The molecule has 0 unspecified atom stereocenters. The minimum absolute atomic E-state index is 0.0703. The Morgan fingerprint density at radius 3 is 2.38 bits per heavy atom. The van der Waals surface area contributed by atoms with E-state index in [9.17, 15) is 9.59 Å². The van der Waals surface area contributed by atoms with Crippen molar-refractivity contribution >= 4 is 17.5 Å². The molecule has 126 valence electrons. The standard InChI is InChI=1S/C20H22O4/c1-23-18(21)20(19(22)24-2)12-15-10-6-7-11-16(17(15)13-20)14-8-4-3-5-9-14/h3-6,8-10,15H,7,11-13H2,1-2H3/t15-/m0/s1. The second-order valence-corrected chi connectivity index (χ2v) is 6.39. The second-order valence-electron chi connectivity index (χ2n) is 6.39. The molecule has 1 atom stereocenters. The molecule has 0 spiro atoms. The van der Waals surface area contributed by atoms with E-state index in [1.807, 2.05) is 18.2 Å².